The average molecular weight is 206 g/mol. The number of nitrogens with zero attached hydrogens (tertiary/aromatic N) is 4. The van der Waals surface area contributed by atoms with Gasteiger partial charge in [0.2, 0.25) is 0 Å². The molecule has 0 N–H and O–H groups in total. The van der Waals surface area contributed by atoms with Crippen LogP contribution in [0.15, 0.2) is 0 Å². The molecular formula is C11H18N4. The Labute approximate surface area is 90.9 Å². The van der Waals surface area contributed by atoms with Crippen molar-refractivity contribution in [2.75, 3.05) is 0 Å². The molecule has 0 saturated carbocycles. The number of hydrogen-bond donors (Lipinski definition) is 0. The number of aromatic nitrogens is 3. The van der Waals surface area contributed by atoms with Crippen molar-refractivity contribution in [1.29, 1.82) is 5.26 Å². The average Bonchev–Trinajstić information content (AvgIpc) is 2.57. The van der Waals surface area contributed by atoms with Crippen molar-refractivity contribution in [2.24, 2.45) is 5.92 Å². The van der Waals surface area contributed by atoms with E-state index >= 15 is 0 Å². The van der Waals surface area contributed by atoms with Crippen molar-refractivity contribution in [3.63, 3.8) is 0 Å². The van der Waals surface area contributed by atoms with Crippen LogP contribution in [0.3, 0.4) is 0 Å². The van der Waals surface area contributed by atoms with Crippen LogP contribution in [0.5, 0.6) is 0 Å². The van der Waals surface area contributed by atoms with Gasteiger partial charge < -0.3 is 0 Å². The highest BCUT2D eigenvalue weighted by molar-refractivity contribution is 5.24. The van der Waals surface area contributed by atoms with Crippen LogP contribution in [0.4, 0.5) is 0 Å². The lowest BCUT2D eigenvalue weighted by molar-refractivity contribution is 0.511. The first-order chi connectivity index (χ1) is 7.19. The lowest BCUT2D eigenvalue weighted by atomic mass is 10.1. The summed E-state index contributed by atoms with van der Waals surface area (Å²) in [6, 6.07) is 2.10. The van der Waals surface area contributed by atoms with Crippen LogP contribution in [0, 0.1) is 17.2 Å². The number of rotatable bonds is 5. The third-order valence-electron chi connectivity index (χ3n) is 2.27. The molecule has 0 bridgehead atoms. The molecule has 0 aromatic carbocycles. The van der Waals surface area contributed by atoms with Crippen LogP contribution in [0.2, 0.25) is 0 Å². The molecule has 0 saturated heterocycles. The summed E-state index contributed by atoms with van der Waals surface area (Å²) < 4.78 is 1.88. The van der Waals surface area contributed by atoms with Gasteiger partial charge in [-0.15, -0.1) is 5.10 Å². The van der Waals surface area contributed by atoms with Gasteiger partial charge in [-0.05, 0) is 18.8 Å². The van der Waals surface area contributed by atoms with Crippen LogP contribution < -0.4 is 0 Å². The third kappa shape index (κ3) is 3.05. The molecule has 1 aromatic rings. The highest BCUT2D eigenvalue weighted by Crippen LogP contribution is 2.11. The zero-order valence-electron chi connectivity index (χ0n) is 9.69. The van der Waals surface area contributed by atoms with Gasteiger partial charge >= 0.3 is 0 Å². The SMILES string of the molecule is CCCCn1nnc(C#N)c1CC(C)C. The van der Waals surface area contributed by atoms with Gasteiger partial charge in [-0.2, -0.15) is 5.26 Å². The van der Waals surface area contributed by atoms with Crippen LogP contribution in [-0.4, -0.2) is 15.0 Å². The molecule has 1 heterocycles. The molecule has 15 heavy (non-hydrogen) atoms. The Balaban J connectivity index is 2.86. The van der Waals surface area contributed by atoms with Gasteiger partial charge in [0.15, 0.2) is 5.69 Å². The molecule has 0 aliphatic carbocycles. The summed E-state index contributed by atoms with van der Waals surface area (Å²) in [5, 5.41) is 16.8. The fourth-order valence-corrected chi connectivity index (χ4v) is 1.50. The minimum Gasteiger partial charge on any atom is -0.248 e. The maximum atomic E-state index is 8.90. The molecule has 0 aliphatic heterocycles. The molecule has 0 aliphatic rings. The van der Waals surface area contributed by atoms with Crippen molar-refractivity contribution in [3.05, 3.63) is 11.4 Å². The summed E-state index contributed by atoms with van der Waals surface area (Å²) >= 11 is 0. The lowest BCUT2D eigenvalue weighted by Crippen LogP contribution is -2.08. The van der Waals surface area contributed by atoms with Crippen LogP contribution >= 0.6 is 0 Å². The largest absolute Gasteiger partial charge is 0.248 e. The lowest BCUT2D eigenvalue weighted by Gasteiger charge is -2.07. The summed E-state index contributed by atoms with van der Waals surface area (Å²) in [6.07, 6.45) is 3.09. The molecule has 0 unspecified atom stereocenters. The van der Waals surface area contributed by atoms with E-state index in [4.69, 9.17) is 5.26 Å². The molecule has 0 fully saturated rings. The summed E-state index contributed by atoms with van der Waals surface area (Å²) in [5.74, 6) is 0.524. The van der Waals surface area contributed by atoms with E-state index in [1.807, 2.05) is 4.68 Å². The van der Waals surface area contributed by atoms with Crippen molar-refractivity contribution < 1.29 is 0 Å². The third-order valence-corrected chi connectivity index (χ3v) is 2.27. The minimum absolute atomic E-state index is 0.486. The summed E-state index contributed by atoms with van der Waals surface area (Å²) in [4.78, 5) is 0. The quantitative estimate of drug-likeness (QED) is 0.741. The zero-order chi connectivity index (χ0) is 11.3. The predicted molar refractivity (Wildman–Crippen MR) is 58.2 cm³/mol. The first-order valence-corrected chi connectivity index (χ1v) is 5.51. The van der Waals surface area contributed by atoms with Gasteiger partial charge in [0.25, 0.3) is 0 Å². The first kappa shape index (κ1) is 11.7. The van der Waals surface area contributed by atoms with Gasteiger partial charge in [0.05, 0.1) is 5.69 Å². The fraction of sp³-hybridized carbons (Fsp3) is 0.727. The van der Waals surface area contributed by atoms with Crippen LogP contribution in [0.25, 0.3) is 0 Å². The van der Waals surface area contributed by atoms with Gasteiger partial charge in [-0.25, -0.2) is 4.68 Å². The van der Waals surface area contributed by atoms with Gasteiger partial charge in [0.1, 0.15) is 6.07 Å². The standard InChI is InChI=1S/C11H18N4/c1-4-5-6-15-11(7-9(2)3)10(8-12)13-14-15/h9H,4-7H2,1-3H3. The number of unbranched alkanes of at least 4 members (excludes halogenated alkanes) is 1. The molecule has 0 atom stereocenters. The molecule has 4 nitrogen and oxygen atoms in total. The Morgan fingerprint density at radius 1 is 1.47 bits per heavy atom. The van der Waals surface area contributed by atoms with E-state index < -0.39 is 0 Å². The second-order valence-electron chi connectivity index (χ2n) is 4.17. The zero-order valence-corrected chi connectivity index (χ0v) is 9.69. The van der Waals surface area contributed by atoms with E-state index in [9.17, 15) is 0 Å². The van der Waals surface area contributed by atoms with E-state index in [1.165, 1.54) is 0 Å². The van der Waals surface area contributed by atoms with Gasteiger partial charge in [0, 0.05) is 6.54 Å². The monoisotopic (exact) mass is 206 g/mol. The molecule has 0 radical (unpaired) electrons. The Kier molecular flexibility index (Phi) is 4.29. The highest BCUT2D eigenvalue weighted by Gasteiger charge is 2.13. The molecular weight excluding hydrogens is 188 g/mol. The Morgan fingerprint density at radius 3 is 2.73 bits per heavy atom. The van der Waals surface area contributed by atoms with E-state index in [1.54, 1.807) is 0 Å². The Hall–Kier alpha value is -1.37. The predicted octanol–water partition coefficient (Wildman–Crippen LogP) is 2.15. The number of aryl methyl sites for hydroxylation is 1. The first-order valence-electron chi connectivity index (χ1n) is 5.51. The molecule has 1 aromatic heterocycles. The second kappa shape index (κ2) is 5.50. The van der Waals surface area contributed by atoms with Gasteiger partial charge in [-0.3, -0.25) is 0 Å². The van der Waals surface area contributed by atoms with E-state index in [0.717, 1.165) is 31.5 Å². The van der Waals surface area contributed by atoms with Crippen molar-refractivity contribution in [3.8, 4) is 6.07 Å². The Morgan fingerprint density at radius 2 is 2.20 bits per heavy atom. The number of nitriles is 1. The molecule has 4 heteroatoms. The second-order valence-corrected chi connectivity index (χ2v) is 4.17. The maximum absolute atomic E-state index is 8.90. The van der Waals surface area contributed by atoms with Crippen molar-refractivity contribution in [1.82, 2.24) is 15.0 Å². The van der Waals surface area contributed by atoms with Gasteiger partial charge in [-0.1, -0.05) is 32.4 Å². The number of hydrogen-bond acceptors (Lipinski definition) is 3. The summed E-state index contributed by atoms with van der Waals surface area (Å²) in [6.45, 7) is 7.29. The van der Waals surface area contributed by atoms with Crippen LogP contribution in [0.1, 0.15) is 45.0 Å². The summed E-state index contributed by atoms with van der Waals surface area (Å²) in [5.41, 5.74) is 1.47. The van der Waals surface area contributed by atoms with Crippen LogP contribution in [-0.2, 0) is 13.0 Å². The van der Waals surface area contributed by atoms with Crippen molar-refractivity contribution in [2.45, 2.75) is 46.6 Å². The molecule has 82 valence electrons. The Bertz CT molecular complexity index is 346. The smallest absolute Gasteiger partial charge is 0.185 e. The normalized spacial score (nSPS) is 10.6. The minimum atomic E-state index is 0.486. The molecule has 0 spiro atoms. The van der Waals surface area contributed by atoms with Crippen molar-refractivity contribution >= 4 is 0 Å². The maximum Gasteiger partial charge on any atom is 0.185 e. The van der Waals surface area contributed by atoms with E-state index in [0.29, 0.717) is 11.6 Å². The van der Waals surface area contributed by atoms with E-state index in [-0.39, 0.29) is 0 Å². The summed E-state index contributed by atoms with van der Waals surface area (Å²) in [7, 11) is 0. The highest BCUT2D eigenvalue weighted by atomic mass is 15.4. The topological polar surface area (TPSA) is 54.5 Å². The molecule has 1 rings (SSSR count). The van der Waals surface area contributed by atoms with E-state index in [2.05, 4.69) is 37.2 Å². The molecule has 0 amide bonds. The fourth-order valence-electron chi connectivity index (χ4n) is 1.50.